The predicted molar refractivity (Wildman–Crippen MR) is 74.9 cm³/mol. The molecular formula is C17H20O2. The van der Waals surface area contributed by atoms with Gasteiger partial charge >= 0.3 is 0 Å². The van der Waals surface area contributed by atoms with Crippen molar-refractivity contribution in [1.29, 1.82) is 0 Å². The molecule has 3 atom stereocenters. The fourth-order valence-electron chi connectivity index (χ4n) is 3.27. The van der Waals surface area contributed by atoms with Gasteiger partial charge in [-0.3, -0.25) is 0 Å². The molecular weight excluding hydrogens is 236 g/mol. The number of rotatable bonds is 0. The topological polar surface area (TPSA) is 18.5 Å². The molecule has 0 N–H and O–H groups in total. The number of hydrogen-bond donors (Lipinski definition) is 0. The molecule has 19 heavy (non-hydrogen) atoms. The van der Waals surface area contributed by atoms with Gasteiger partial charge in [-0.25, -0.2) is 0 Å². The second-order valence-electron chi connectivity index (χ2n) is 6.30. The van der Waals surface area contributed by atoms with Crippen molar-refractivity contribution in [2.45, 2.75) is 50.9 Å². The maximum absolute atomic E-state index is 6.27. The van der Waals surface area contributed by atoms with E-state index in [2.05, 4.69) is 25.8 Å². The highest BCUT2D eigenvalue weighted by molar-refractivity contribution is 5.39. The Morgan fingerprint density at radius 1 is 1.26 bits per heavy atom. The number of fused-ring (bicyclic) bond motifs is 3. The van der Waals surface area contributed by atoms with Gasteiger partial charge in [-0.1, -0.05) is 24.1 Å². The molecule has 0 radical (unpaired) electrons. The van der Waals surface area contributed by atoms with Crippen molar-refractivity contribution in [3.63, 3.8) is 0 Å². The van der Waals surface area contributed by atoms with E-state index in [9.17, 15) is 0 Å². The highest BCUT2D eigenvalue weighted by atomic mass is 16.5. The van der Waals surface area contributed by atoms with Crippen LogP contribution >= 0.6 is 0 Å². The molecule has 0 bridgehead atoms. The van der Waals surface area contributed by atoms with E-state index in [0.29, 0.717) is 5.92 Å². The van der Waals surface area contributed by atoms with E-state index in [1.165, 1.54) is 0 Å². The molecule has 0 unspecified atom stereocenters. The number of benzene rings is 1. The van der Waals surface area contributed by atoms with Gasteiger partial charge in [0.25, 0.3) is 0 Å². The minimum absolute atomic E-state index is 0.0368. The average Bonchev–Trinajstić information content (AvgIpc) is 2.38. The lowest BCUT2D eigenvalue weighted by atomic mass is 9.73. The Labute approximate surface area is 115 Å². The first-order valence-corrected chi connectivity index (χ1v) is 6.89. The Kier molecular flexibility index (Phi) is 2.66. The molecule has 0 saturated carbocycles. The van der Waals surface area contributed by atoms with E-state index in [1.54, 1.807) is 0 Å². The van der Waals surface area contributed by atoms with Crippen molar-refractivity contribution in [3.8, 4) is 18.1 Å². The minimum atomic E-state index is -0.457. The average molecular weight is 256 g/mol. The van der Waals surface area contributed by atoms with Crippen LogP contribution in [0.15, 0.2) is 24.3 Å². The molecule has 1 fully saturated rings. The lowest BCUT2D eigenvalue weighted by molar-refractivity contribution is -0.169. The molecule has 100 valence electrons. The fourth-order valence-corrected chi connectivity index (χ4v) is 3.27. The normalized spacial score (nSPS) is 35.5. The van der Waals surface area contributed by atoms with E-state index < -0.39 is 5.60 Å². The van der Waals surface area contributed by atoms with Crippen LogP contribution in [0.4, 0.5) is 0 Å². The Morgan fingerprint density at radius 2 is 2.00 bits per heavy atom. The summed E-state index contributed by atoms with van der Waals surface area (Å²) in [6.45, 7) is 6.29. The molecule has 2 aliphatic rings. The van der Waals surface area contributed by atoms with Crippen LogP contribution in [0.25, 0.3) is 0 Å². The van der Waals surface area contributed by atoms with Gasteiger partial charge in [0.1, 0.15) is 17.0 Å². The lowest BCUT2D eigenvalue weighted by Crippen LogP contribution is -2.50. The van der Waals surface area contributed by atoms with Gasteiger partial charge in [0.15, 0.2) is 0 Å². The summed E-state index contributed by atoms with van der Waals surface area (Å²) >= 11 is 0. The molecule has 1 aromatic rings. The third-order valence-corrected chi connectivity index (χ3v) is 4.48. The summed E-state index contributed by atoms with van der Waals surface area (Å²) in [6, 6.07) is 8.13. The van der Waals surface area contributed by atoms with E-state index >= 15 is 0 Å². The summed E-state index contributed by atoms with van der Waals surface area (Å²) < 4.78 is 12.4. The summed E-state index contributed by atoms with van der Waals surface area (Å²) in [5, 5.41) is 0. The SMILES string of the molecule is C#C[C@@]1(C)CC[C@@H]2[C@H](O1)c1ccccc1OC2(C)C. The van der Waals surface area contributed by atoms with Crippen LogP contribution in [0.1, 0.15) is 45.3 Å². The Morgan fingerprint density at radius 3 is 2.74 bits per heavy atom. The second kappa shape index (κ2) is 4.02. The minimum Gasteiger partial charge on any atom is -0.487 e. The first-order chi connectivity index (χ1) is 8.95. The van der Waals surface area contributed by atoms with Gasteiger partial charge < -0.3 is 9.47 Å². The van der Waals surface area contributed by atoms with Crippen molar-refractivity contribution in [1.82, 2.24) is 0 Å². The highest BCUT2D eigenvalue weighted by Crippen LogP contribution is 2.52. The van der Waals surface area contributed by atoms with E-state index in [-0.39, 0.29) is 11.7 Å². The standard InChI is InChI=1S/C17H20O2/c1-5-17(4)11-10-13-15(19-17)12-8-6-7-9-14(12)18-16(13,2)3/h1,6-9,13,15H,10-11H2,2-4H3/t13-,15-,17+/m1/s1. The lowest BCUT2D eigenvalue weighted by Gasteiger charge is -2.50. The molecule has 0 aromatic heterocycles. The van der Waals surface area contributed by atoms with Crippen LogP contribution in [0.2, 0.25) is 0 Å². The number of terminal acetylenes is 1. The summed E-state index contributed by atoms with van der Waals surface area (Å²) in [5.74, 6) is 4.09. The molecule has 0 amide bonds. The maximum atomic E-state index is 6.27. The highest BCUT2D eigenvalue weighted by Gasteiger charge is 2.49. The van der Waals surface area contributed by atoms with Gasteiger partial charge in [-0.2, -0.15) is 0 Å². The largest absolute Gasteiger partial charge is 0.487 e. The zero-order chi connectivity index (χ0) is 13.7. The zero-order valence-corrected chi connectivity index (χ0v) is 11.8. The van der Waals surface area contributed by atoms with Crippen molar-refractivity contribution in [2.75, 3.05) is 0 Å². The summed E-state index contributed by atoms with van der Waals surface area (Å²) in [7, 11) is 0. The van der Waals surface area contributed by atoms with E-state index in [0.717, 1.165) is 24.2 Å². The Balaban J connectivity index is 2.06. The van der Waals surface area contributed by atoms with Crippen molar-refractivity contribution in [3.05, 3.63) is 29.8 Å². The predicted octanol–water partition coefficient (Wildman–Crippen LogP) is 3.72. The third kappa shape index (κ3) is 1.93. The molecule has 0 aliphatic carbocycles. The third-order valence-electron chi connectivity index (χ3n) is 4.48. The molecule has 2 aliphatic heterocycles. The summed E-state index contributed by atoms with van der Waals surface area (Å²) in [5.41, 5.74) is 0.462. The molecule has 2 nitrogen and oxygen atoms in total. The van der Waals surface area contributed by atoms with Crippen molar-refractivity contribution in [2.24, 2.45) is 5.92 Å². The first-order valence-electron chi connectivity index (χ1n) is 6.89. The monoisotopic (exact) mass is 256 g/mol. The van der Waals surface area contributed by atoms with Crippen LogP contribution < -0.4 is 4.74 Å². The summed E-state index contributed by atoms with van der Waals surface area (Å²) in [4.78, 5) is 0. The van der Waals surface area contributed by atoms with Crippen molar-refractivity contribution < 1.29 is 9.47 Å². The number of para-hydroxylation sites is 1. The quantitative estimate of drug-likeness (QED) is 0.659. The Bertz CT molecular complexity index is 540. The maximum Gasteiger partial charge on any atom is 0.126 e. The van der Waals surface area contributed by atoms with Gasteiger partial charge in [-0.05, 0) is 39.7 Å². The smallest absolute Gasteiger partial charge is 0.126 e. The van der Waals surface area contributed by atoms with Gasteiger partial charge in [0.05, 0.1) is 6.10 Å². The van der Waals surface area contributed by atoms with Crippen LogP contribution in [-0.4, -0.2) is 11.2 Å². The molecule has 0 spiro atoms. The van der Waals surface area contributed by atoms with Gasteiger partial charge in [0.2, 0.25) is 0 Å². The molecule has 2 heterocycles. The van der Waals surface area contributed by atoms with Crippen LogP contribution in [0, 0.1) is 18.3 Å². The van der Waals surface area contributed by atoms with Crippen LogP contribution in [-0.2, 0) is 4.74 Å². The zero-order valence-electron chi connectivity index (χ0n) is 11.8. The van der Waals surface area contributed by atoms with Gasteiger partial charge in [0, 0.05) is 11.5 Å². The molecule has 3 rings (SSSR count). The summed E-state index contributed by atoms with van der Waals surface area (Å²) in [6.07, 6.45) is 7.60. The van der Waals surface area contributed by atoms with E-state index in [1.807, 2.05) is 25.1 Å². The Hall–Kier alpha value is -1.46. The van der Waals surface area contributed by atoms with Crippen molar-refractivity contribution >= 4 is 0 Å². The fraction of sp³-hybridized carbons (Fsp3) is 0.529. The number of ether oxygens (including phenoxy) is 2. The van der Waals surface area contributed by atoms with Crippen LogP contribution in [0.5, 0.6) is 5.75 Å². The molecule has 1 saturated heterocycles. The number of hydrogen-bond acceptors (Lipinski definition) is 2. The van der Waals surface area contributed by atoms with Crippen LogP contribution in [0.3, 0.4) is 0 Å². The van der Waals surface area contributed by atoms with E-state index in [4.69, 9.17) is 15.9 Å². The molecule has 2 heteroatoms. The van der Waals surface area contributed by atoms with Gasteiger partial charge in [-0.15, -0.1) is 6.42 Å². The molecule has 1 aromatic carbocycles. The first kappa shape index (κ1) is 12.6. The second-order valence-corrected chi connectivity index (χ2v) is 6.30.